The second-order valence-electron chi connectivity index (χ2n) is 1.85. The van der Waals surface area contributed by atoms with Gasteiger partial charge in [-0.25, -0.2) is 0 Å². The van der Waals surface area contributed by atoms with Gasteiger partial charge in [-0.1, -0.05) is 0 Å². The maximum Gasteiger partial charge on any atom is 0.345 e. The topological polar surface area (TPSA) is 0 Å². The zero-order chi connectivity index (χ0) is 8.15. The summed E-state index contributed by atoms with van der Waals surface area (Å²) in [7, 11) is 0. The van der Waals surface area contributed by atoms with E-state index in [1.807, 2.05) is 0 Å². The van der Waals surface area contributed by atoms with Crippen LogP contribution in [0.2, 0.25) is 12.4 Å². The van der Waals surface area contributed by atoms with Crippen LogP contribution in [0.25, 0.3) is 0 Å². The number of halogens is 5. The minimum absolute atomic E-state index is 0.139. The Bertz CT molecular complexity index is 77.0. The van der Waals surface area contributed by atoms with Crippen molar-refractivity contribution in [3.8, 4) is 0 Å². The van der Waals surface area contributed by atoms with Gasteiger partial charge in [0.2, 0.25) is 6.13 Å². The van der Waals surface area contributed by atoms with E-state index in [0.29, 0.717) is 12.4 Å². The highest BCUT2D eigenvalue weighted by atomic mass is 35.5. The fraction of sp³-hybridized carbons (Fsp3) is 1.00. The van der Waals surface area contributed by atoms with Gasteiger partial charge < -0.3 is 0 Å². The molecule has 0 unspecified atom stereocenters. The van der Waals surface area contributed by atoms with Crippen LogP contribution < -0.4 is 0 Å². The first-order valence-electron chi connectivity index (χ1n) is 2.72. The van der Waals surface area contributed by atoms with Crippen LogP contribution in [0.15, 0.2) is 0 Å². The average molecular weight is 238 g/mol. The van der Waals surface area contributed by atoms with Gasteiger partial charge in [0.15, 0.2) is 0 Å². The molecule has 0 rings (SSSR count). The molecule has 56 valence electrons. The summed E-state index contributed by atoms with van der Waals surface area (Å²) in [5.41, 5.74) is -0.871. The molecule has 0 aliphatic rings. The number of hydrogen-bond donors (Lipinski definition) is 0. The van der Waals surface area contributed by atoms with Gasteiger partial charge in [-0.05, 0) is 12.4 Å². The van der Waals surface area contributed by atoms with Crippen molar-refractivity contribution in [2.24, 2.45) is 0 Å². The first-order chi connectivity index (χ1) is 4.52. The molecule has 0 saturated carbocycles. The first-order valence-corrected chi connectivity index (χ1v) is 4.91. The van der Waals surface area contributed by atoms with Crippen molar-refractivity contribution in [2.75, 3.05) is 0 Å². The zero-order valence-corrected chi connectivity index (χ0v) is 8.82. The van der Waals surface area contributed by atoms with Crippen molar-refractivity contribution in [3.63, 3.8) is 0 Å². The third kappa shape index (κ3) is 7.75. The normalized spacial score (nSPS) is 9.30. The summed E-state index contributed by atoms with van der Waals surface area (Å²) in [6.45, 7) is 0. The van der Waals surface area contributed by atoms with E-state index in [0.717, 1.165) is 0 Å². The summed E-state index contributed by atoms with van der Waals surface area (Å²) >= 11 is 27.5. The zero-order valence-electron chi connectivity index (χ0n) is 5.04. The molecule has 0 fully saturated rings. The Kier molecular flexibility index (Phi) is 7.21. The molecule has 0 aliphatic heterocycles. The molecule has 10 heavy (non-hydrogen) atoms. The summed E-state index contributed by atoms with van der Waals surface area (Å²) in [5, 5.41) is 0. The van der Waals surface area contributed by atoms with Gasteiger partial charge in [0.05, 0.1) is 0 Å². The van der Waals surface area contributed by atoms with E-state index < -0.39 is 11.1 Å². The molecule has 0 N–H and O–H groups in total. The van der Waals surface area contributed by atoms with E-state index in [-0.39, 0.29) is 6.13 Å². The summed E-state index contributed by atoms with van der Waals surface area (Å²) in [5.74, 6) is 0. The van der Waals surface area contributed by atoms with Gasteiger partial charge in [0.25, 0.3) is 0 Å². The highest BCUT2D eigenvalue weighted by Crippen LogP contribution is 2.16. The van der Waals surface area contributed by atoms with Gasteiger partial charge in [-0.15, -0.1) is 0 Å². The second kappa shape index (κ2) is 6.19. The van der Waals surface area contributed by atoms with Crippen molar-refractivity contribution >= 4 is 74.5 Å². The van der Waals surface area contributed by atoms with Gasteiger partial charge in [0.1, 0.15) is 0 Å². The van der Waals surface area contributed by atoms with Crippen LogP contribution in [0, 0.1) is 0 Å². The predicted molar refractivity (Wildman–Crippen MR) is 56.1 cm³/mol. The van der Waals surface area contributed by atoms with Gasteiger partial charge >= 0.3 is 11.1 Å². The Balaban J connectivity index is 3.34. The minimum Gasteiger partial charge on any atom is -0.197 e. The maximum atomic E-state index is 5.73. The molecule has 0 radical (unpaired) electrons. The van der Waals surface area contributed by atoms with Crippen LogP contribution in [0.3, 0.4) is 0 Å². The Morgan fingerprint density at radius 1 is 0.700 bits per heavy atom. The lowest BCUT2D eigenvalue weighted by Crippen LogP contribution is -2.14. The quantitative estimate of drug-likeness (QED) is 0.659. The highest BCUT2D eigenvalue weighted by molar-refractivity contribution is 7.41. The summed E-state index contributed by atoms with van der Waals surface area (Å²) in [6.07, 6.45) is 0.890. The van der Waals surface area contributed by atoms with E-state index in [9.17, 15) is 0 Å². The van der Waals surface area contributed by atoms with Crippen LogP contribution in [-0.2, 0) is 0 Å². The lowest BCUT2D eigenvalue weighted by Gasteiger charge is -2.01. The van der Waals surface area contributed by atoms with E-state index in [4.69, 9.17) is 57.3 Å². The summed E-state index contributed by atoms with van der Waals surface area (Å²) in [6, 6.07) is 0. The highest BCUT2D eigenvalue weighted by Gasteiger charge is 2.22. The molecule has 0 aromatic carbocycles. The fourth-order valence-corrected chi connectivity index (χ4v) is 2.06. The molecular weight excluding hydrogens is 234 g/mol. The van der Waals surface area contributed by atoms with Gasteiger partial charge in [0, 0.05) is 0 Å². The Morgan fingerprint density at radius 2 is 1.00 bits per heavy atom. The molecule has 0 amide bonds. The number of hydrogen-bond acceptors (Lipinski definition) is 0. The molecule has 8 heteroatoms. The average Bonchev–Trinajstić information content (AvgIpc) is 1.58. The lowest BCUT2D eigenvalue weighted by atomic mass is 9.55. The third-order valence-corrected chi connectivity index (χ3v) is 1.94. The molecule has 0 aliphatic carbocycles. The molecule has 0 heterocycles. The van der Waals surface area contributed by atoms with Crippen LogP contribution in [0.4, 0.5) is 0 Å². The van der Waals surface area contributed by atoms with Crippen LogP contribution in [0.5, 0.6) is 0 Å². The van der Waals surface area contributed by atoms with Crippen LogP contribution in [0.1, 0.15) is 0 Å². The minimum atomic E-state index is -0.436. The molecular formula is C2H4B3Cl5. The third-order valence-electron chi connectivity index (χ3n) is 0.868. The Hall–Kier alpha value is 1.64. The van der Waals surface area contributed by atoms with Gasteiger partial charge in [-0.2, -0.15) is 57.3 Å². The summed E-state index contributed by atoms with van der Waals surface area (Å²) in [4.78, 5) is 0. The van der Waals surface area contributed by atoms with E-state index in [1.54, 1.807) is 0 Å². The van der Waals surface area contributed by atoms with E-state index in [2.05, 4.69) is 0 Å². The fourth-order valence-electron chi connectivity index (χ4n) is 0.483. The molecule has 0 aromatic rings. The largest absolute Gasteiger partial charge is 0.345 e. The summed E-state index contributed by atoms with van der Waals surface area (Å²) < 4.78 is 0. The van der Waals surface area contributed by atoms with E-state index in [1.165, 1.54) is 0 Å². The molecule has 0 saturated heterocycles. The smallest absolute Gasteiger partial charge is 0.197 e. The van der Waals surface area contributed by atoms with Crippen LogP contribution in [-0.4, -0.2) is 17.2 Å². The van der Waals surface area contributed by atoms with Crippen molar-refractivity contribution in [1.29, 1.82) is 0 Å². The molecule has 0 atom stereocenters. The van der Waals surface area contributed by atoms with Gasteiger partial charge in [-0.3, -0.25) is 0 Å². The van der Waals surface area contributed by atoms with Crippen molar-refractivity contribution in [2.45, 2.75) is 12.4 Å². The van der Waals surface area contributed by atoms with Crippen molar-refractivity contribution in [1.82, 2.24) is 0 Å². The van der Waals surface area contributed by atoms with Crippen molar-refractivity contribution < 1.29 is 0 Å². The molecule has 0 aromatic heterocycles. The molecule has 0 bridgehead atoms. The first kappa shape index (κ1) is 11.6. The predicted octanol–water partition coefficient (Wildman–Crippen LogP) is 3.23. The monoisotopic (exact) mass is 236 g/mol. The SMILES string of the molecule is ClB(Cl)CB(Cl)CB(Cl)Cl. The van der Waals surface area contributed by atoms with Crippen molar-refractivity contribution in [3.05, 3.63) is 0 Å². The van der Waals surface area contributed by atoms with Crippen LogP contribution >= 0.6 is 57.3 Å². The molecule has 0 spiro atoms. The standard InChI is InChI=1S/C2H4B3Cl5/c6-3(1-4(7)8)2-5(9)10/h1-2H2. The number of rotatable bonds is 4. The maximum absolute atomic E-state index is 5.73. The molecule has 0 nitrogen and oxygen atoms in total. The Labute approximate surface area is 86.7 Å². The Morgan fingerprint density at radius 3 is 1.20 bits per heavy atom. The lowest BCUT2D eigenvalue weighted by molar-refractivity contribution is 1.85. The van der Waals surface area contributed by atoms with E-state index >= 15 is 0 Å². The second-order valence-corrected chi connectivity index (χ2v) is 5.02.